The molecule has 1 fully saturated rings. The van der Waals surface area contributed by atoms with Crippen molar-refractivity contribution in [3.8, 4) is 12.3 Å². The van der Waals surface area contributed by atoms with Crippen molar-refractivity contribution in [3.63, 3.8) is 0 Å². The molecule has 20 heavy (non-hydrogen) atoms. The molecule has 0 atom stereocenters. The van der Waals surface area contributed by atoms with Crippen molar-refractivity contribution in [2.24, 2.45) is 5.92 Å². The van der Waals surface area contributed by atoms with Crippen LogP contribution >= 0.6 is 0 Å². The van der Waals surface area contributed by atoms with Crippen LogP contribution in [0.1, 0.15) is 12.8 Å². The summed E-state index contributed by atoms with van der Waals surface area (Å²) >= 11 is 0. The first-order valence-electron chi connectivity index (χ1n) is 6.04. The summed E-state index contributed by atoms with van der Waals surface area (Å²) in [6, 6.07) is 1.25. The number of nitrogens with two attached hydrogens (primary N) is 1. The van der Waals surface area contributed by atoms with Crippen molar-refractivity contribution in [2.75, 3.05) is 18.8 Å². The SMILES string of the molecule is C#CCN(CC1CC1)S(=O)(=O)c1cc(N)c(F)cc1F. The topological polar surface area (TPSA) is 63.4 Å². The molecule has 0 amide bonds. The number of hydrogen-bond acceptors (Lipinski definition) is 3. The fourth-order valence-corrected chi connectivity index (χ4v) is 3.33. The lowest BCUT2D eigenvalue weighted by Crippen LogP contribution is -2.34. The Morgan fingerprint density at radius 3 is 2.55 bits per heavy atom. The van der Waals surface area contributed by atoms with E-state index < -0.39 is 32.2 Å². The largest absolute Gasteiger partial charge is 0.396 e. The summed E-state index contributed by atoms with van der Waals surface area (Å²) in [5.74, 6) is 0.325. The van der Waals surface area contributed by atoms with Gasteiger partial charge < -0.3 is 5.73 Å². The van der Waals surface area contributed by atoms with Crippen LogP contribution in [0, 0.1) is 29.9 Å². The van der Waals surface area contributed by atoms with E-state index in [9.17, 15) is 17.2 Å². The van der Waals surface area contributed by atoms with Gasteiger partial charge in [0.2, 0.25) is 10.0 Å². The van der Waals surface area contributed by atoms with Crippen LogP contribution in [-0.4, -0.2) is 25.8 Å². The van der Waals surface area contributed by atoms with Gasteiger partial charge in [-0.3, -0.25) is 0 Å². The van der Waals surface area contributed by atoms with Gasteiger partial charge in [0, 0.05) is 12.6 Å². The molecule has 0 aromatic heterocycles. The molecule has 2 N–H and O–H groups in total. The van der Waals surface area contributed by atoms with Crippen molar-refractivity contribution in [1.82, 2.24) is 4.31 Å². The number of nitrogens with zero attached hydrogens (tertiary/aromatic N) is 1. The molecule has 1 saturated carbocycles. The zero-order valence-electron chi connectivity index (χ0n) is 10.6. The van der Waals surface area contributed by atoms with E-state index in [1.54, 1.807) is 0 Å². The van der Waals surface area contributed by atoms with Gasteiger partial charge in [0.1, 0.15) is 16.5 Å². The maximum absolute atomic E-state index is 13.7. The summed E-state index contributed by atoms with van der Waals surface area (Å²) in [6.45, 7) is 0.0822. The minimum Gasteiger partial charge on any atom is -0.396 e. The first kappa shape index (κ1) is 14.8. The zero-order valence-corrected chi connectivity index (χ0v) is 11.5. The van der Waals surface area contributed by atoms with Gasteiger partial charge in [-0.1, -0.05) is 5.92 Å². The van der Waals surface area contributed by atoms with Crippen LogP contribution in [0.3, 0.4) is 0 Å². The fourth-order valence-electron chi connectivity index (χ4n) is 1.82. The zero-order chi connectivity index (χ0) is 14.9. The monoisotopic (exact) mass is 300 g/mol. The standard InChI is InChI=1S/C13H14F2N2O2S/c1-2-5-17(8-9-3-4-9)20(18,19)13-7-12(16)10(14)6-11(13)15/h1,6-7,9H,3-5,8,16H2. The molecule has 0 saturated heterocycles. The Morgan fingerprint density at radius 1 is 1.35 bits per heavy atom. The summed E-state index contributed by atoms with van der Waals surface area (Å²) in [4.78, 5) is -0.646. The summed E-state index contributed by atoms with van der Waals surface area (Å²) < 4.78 is 52.6. The molecule has 0 heterocycles. The second-order valence-corrected chi connectivity index (χ2v) is 6.66. The van der Waals surface area contributed by atoms with E-state index in [1.165, 1.54) is 0 Å². The molecule has 0 spiro atoms. The van der Waals surface area contributed by atoms with Gasteiger partial charge in [0.15, 0.2) is 0 Å². The Morgan fingerprint density at radius 2 is 2.00 bits per heavy atom. The molecule has 7 heteroatoms. The van der Waals surface area contributed by atoms with Crippen LogP contribution in [-0.2, 0) is 10.0 Å². The van der Waals surface area contributed by atoms with Gasteiger partial charge >= 0.3 is 0 Å². The molecular formula is C13H14F2N2O2S. The third-order valence-electron chi connectivity index (χ3n) is 3.10. The van der Waals surface area contributed by atoms with Gasteiger partial charge in [0.25, 0.3) is 0 Å². The predicted octanol–water partition coefficient (Wildman–Crippen LogP) is 1.58. The highest BCUT2D eigenvalue weighted by Crippen LogP contribution is 2.32. The highest BCUT2D eigenvalue weighted by Gasteiger charge is 2.33. The van der Waals surface area contributed by atoms with Crippen LogP contribution in [0.15, 0.2) is 17.0 Å². The molecule has 1 aliphatic rings. The smallest absolute Gasteiger partial charge is 0.246 e. The number of halogens is 2. The van der Waals surface area contributed by atoms with Gasteiger partial charge in [-0.25, -0.2) is 17.2 Å². The molecule has 0 aliphatic heterocycles. The lowest BCUT2D eigenvalue weighted by atomic mass is 10.3. The van der Waals surface area contributed by atoms with E-state index in [2.05, 4.69) is 5.92 Å². The summed E-state index contributed by atoms with van der Waals surface area (Å²) in [5, 5.41) is 0. The Kier molecular flexibility index (Phi) is 3.97. The normalized spacial score (nSPS) is 15.3. The number of benzene rings is 1. The molecule has 1 aromatic carbocycles. The summed E-state index contributed by atoms with van der Waals surface area (Å²) in [6.07, 6.45) is 7.00. The van der Waals surface area contributed by atoms with E-state index in [4.69, 9.17) is 12.2 Å². The summed E-state index contributed by atoms with van der Waals surface area (Å²) in [7, 11) is -4.12. The first-order valence-corrected chi connectivity index (χ1v) is 7.48. The van der Waals surface area contributed by atoms with Crippen molar-refractivity contribution < 1.29 is 17.2 Å². The molecule has 108 valence electrons. The number of terminal acetylenes is 1. The third-order valence-corrected chi connectivity index (χ3v) is 4.92. The van der Waals surface area contributed by atoms with E-state index in [0.717, 1.165) is 23.2 Å². The highest BCUT2D eigenvalue weighted by atomic mass is 32.2. The predicted molar refractivity (Wildman–Crippen MR) is 71.1 cm³/mol. The second-order valence-electron chi connectivity index (χ2n) is 4.75. The van der Waals surface area contributed by atoms with Crippen molar-refractivity contribution in [3.05, 3.63) is 23.8 Å². The van der Waals surface area contributed by atoms with Crippen LogP contribution < -0.4 is 5.73 Å². The summed E-state index contributed by atoms with van der Waals surface area (Å²) in [5.41, 5.74) is 4.89. The van der Waals surface area contributed by atoms with Crippen molar-refractivity contribution in [2.45, 2.75) is 17.7 Å². The highest BCUT2D eigenvalue weighted by molar-refractivity contribution is 7.89. The van der Waals surface area contributed by atoms with Gasteiger partial charge in [-0.05, 0) is 24.8 Å². The number of sulfonamides is 1. The minimum atomic E-state index is -4.12. The maximum atomic E-state index is 13.7. The fraction of sp³-hybridized carbons (Fsp3) is 0.385. The Bertz CT molecular complexity index is 664. The Hall–Kier alpha value is -1.65. The second kappa shape index (κ2) is 5.38. The van der Waals surface area contributed by atoms with Crippen LogP contribution in [0.5, 0.6) is 0 Å². The third kappa shape index (κ3) is 2.92. The minimum absolute atomic E-state index is 0.157. The van der Waals surface area contributed by atoms with Crippen molar-refractivity contribution >= 4 is 15.7 Å². The Balaban J connectivity index is 2.41. The number of hydrogen-bond donors (Lipinski definition) is 1. The van der Waals surface area contributed by atoms with E-state index in [0.29, 0.717) is 6.07 Å². The number of anilines is 1. The van der Waals surface area contributed by atoms with Gasteiger partial charge in [-0.15, -0.1) is 6.42 Å². The molecular weight excluding hydrogens is 286 g/mol. The maximum Gasteiger partial charge on any atom is 0.246 e. The van der Waals surface area contributed by atoms with E-state index in [1.807, 2.05) is 0 Å². The number of nitrogen functional groups attached to an aromatic ring is 1. The first-order chi connectivity index (χ1) is 9.36. The van der Waals surface area contributed by atoms with E-state index >= 15 is 0 Å². The lowest BCUT2D eigenvalue weighted by molar-refractivity contribution is 0.425. The van der Waals surface area contributed by atoms with Crippen LogP contribution in [0.2, 0.25) is 0 Å². The molecule has 0 bridgehead atoms. The Labute approximate surface area is 116 Å². The molecule has 4 nitrogen and oxygen atoms in total. The quantitative estimate of drug-likeness (QED) is 0.663. The molecule has 0 radical (unpaired) electrons. The van der Waals surface area contributed by atoms with Crippen LogP contribution in [0.4, 0.5) is 14.5 Å². The van der Waals surface area contributed by atoms with E-state index in [-0.39, 0.29) is 19.0 Å². The molecule has 2 rings (SSSR count). The molecule has 1 aliphatic carbocycles. The molecule has 1 aromatic rings. The van der Waals surface area contributed by atoms with Gasteiger partial charge in [-0.2, -0.15) is 4.31 Å². The van der Waals surface area contributed by atoms with Crippen LogP contribution in [0.25, 0.3) is 0 Å². The number of rotatable bonds is 5. The van der Waals surface area contributed by atoms with Crippen molar-refractivity contribution in [1.29, 1.82) is 0 Å². The average molecular weight is 300 g/mol. The average Bonchev–Trinajstić information content (AvgIpc) is 3.17. The molecule has 0 unspecified atom stereocenters. The lowest BCUT2D eigenvalue weighted by Gasteiger charge is -2.20. The van der Waals surface area contributed by atoms with Gasteiger partial charge in [0.05, 0.1) is 12.2 Å².